The average molecular weight is 346 g/mol. The highest BCUT2D eigenvalue weighted by atomic mass is 16.2. The third-order valence-corrected chi connectivity index (χ3v) is 5.17. The molecule has 1 aromatic heterocycles. The van der Waals surface area contributed by atoms with E-state index >= 15 is 0 Å². The summed E-state index contributed by atoms with van der Waals surface area (Å²) in [5.74, 6) is 1.42. The van der Waals surface area contributed by atoms with Crippen LogP contribution in [-0.2, 0) is 4.79 Å². The molecule has 132 valence electrons. The lowest BCUT2D eigenvalue weighted by atomic mass is 10.0. The summed E-state index contributed by atoms with van der Waals surface area (Å²) < 4.78 is 0. The van der Waals surface area contributed by atoms with Crippen LogP contribution in [0, 0.1) is 23.2 Å². The minimum Gasteiger partial charge on any atom is -0.370 e. The Balaban J connectivity index is 1.59. The molecule has 26 heavy (non-hydrogen) atoms. The molecule has 1 amide bonds. The summed E-state index contributed by atoms with van der Waals surface area (Å²) in [6.07, 6.45) is 4.79. The number of nitrogens with zero attached hydrogens (tertiary/aromatic N) is 3. The van der Waals surface area contributed by atoms with Crippen LogP contribution in [0.15, 0.2) is 36.5 Å². The zero-order valence-corrected chi connectivity index (χ0v) is 14.9. The summed E-state index contributed by atoms with van der Waals surface area (Å²) in [5.41, 5.74) is 3.61. The number of hydrogen-bond acceptors (Lipinski definition) is 4. The molecule has 0 bridgehead atoms. The Morgan fingerprint density at radius 1 is 1.23 bits per heavy atom. The van der Waals surface area contributed by atoms with E-state index in [9.17, 15) is 10.1 Å². The number of nitrogens with one attached hydrogen (secondary N) is 1. The van der Waals surface area contributed by atoms with Gasteiger partial charge in [-0.1, -0.05) is 13.0 Å². The minimum absolute atomic E-state index is 0.0471. The highest BCUT2D eigenvalue weighted by Gasteiger charge is 2.29. The highest BCUT2D eigenvalue weighted by Crippen LogP contribution is 2.32. The SMILES string of the molecule is C[C@H]1CCN(c2ccc(-c3ccnc(NC(=O)C4CC4)c3)cc2C#N)C1. The fraction of sp³-hybridized carbons (Fsp3) is 0.381. The molecule has 2 aliphatic rings. The van der Waals surface area contributed by atoms with Crippen molar-refractivity contribution in [2.75, 3.05) is 23.3 Å². The molecule has 0 spiro atoms. The Morgan fingerprint density at radius 2 is 2.04 bits per heavy atom. The van der Waals surface area contributed by atoms with Gasteiger partial charge in [-0.25, -0.2) is 4.98 Å². The van der Waals surface area contributed by atoms with E-state index in [2.05, 4.69) is 28.2 Å². The van der Waals surface area contributed by atoms with Crippen molar-refractivity contribution < 1.29 is 4.79 Å². The number of carbonyl (C=O) groups is 1. The Hall–Kier alpha value is -2.87. The number of nitriles is 1. The first-order chi connectivity index (χ1) is 12.6. The van der Waals surface area contributed by atoms with Gasteiger partial charge in [-0.05, 0) is 60.6 Å². The van der Waals surface area contributed by atoms with E-state index in [0.717, 1.165) is 42.7 Å². The molecular formula is C21H22N4O. The summed E-state index contributed by atoms with van der Waals surface area (Å²) in [5, 5.41) is 12.5. The van der Waals surface area contributed by atoms with Crippen molar-refractivity contribution >= 4 is 17.4 Å². The number of anilines is 2. The van der Waals surface area contributed by atoms with Crippen LogP contribution < -0.4 is 10.2 Å². The van der Waals surface area contributed by atoms with Gasteiger partial charge in [0, 0.05) is 25.2 Å². The molecule has 2 heterocycles. The van der Waals surface area contributed by atoms with Crippen molar-refractivity contribution in [3.05, 3.63) is 42.1 Å². The zero-order valence-electron chi connectivity index (χ0n) is 14.9. The van der Waals surface area contributed by atoms with Gasteiger partial charge in [0.25, 0.3) is 0 Å². The molecular weight excluding hydrogens is 324 g/mol. The quantitative estimate of drug-likeness (QED) is 0.914. The summed E-state index contributed by atoms with van der Waals surface area (Å²) in [6, 6.07) is 12.1. The van der Waals surface area contributed by atoms with Crippen LogP contribution in [0.3, 0.4) is 0 Å². The number of hydrogen-bond donors (Lipinski definition) is 1. The molecule has 5 nitrogen and oxygen atoms in total. The van der Waals surface area contributed by atoms with E-state index in [0.29, 0.717) is 17.3 Å². The third-order valence-electron chi connectivity index (χ3n) is 5.17. The molecule has 1 saturated carbocycles. The van der Waals surface area contributed by atoms with Crippen LogP contribution in [0.1, 0.15) is 31.7 Å². The fourth-order valence-corrected chi connectivity index (χ4v) is 3.49. The van der Waals surface area contributed by atoms with Crippen LogP contribution in [-0.4, -0.2) is 24.0 Å². The lowest BCUT2D eigenvalue weighted by Crippen LogP contribution is -2.20. The molecule has 2 aromatic rings. The maximum Gasteiger partial charge on any atom is 0.228 e. The first-order valence-electron chi connectivity index (χ1n) is 9.20. The van der Waals surface area contributed by atoms with Gasteiger partial charge in [-0.3, -0.25) is 4.79 Å². The number of rotatable bonds is 4. The smallest absolute Gasteiger partial charge is 0.228 e. The summed E-state index contributed by atoms with van der Waals surface area (Å²) in [6.45, 7) is 4.25. The number of amides is 1. The van der Waals surface area contributed by atoms with Crippen molar-refractivity contribution in [2.24, 2.45) is 11.8 Å². The zero-order chi connectivity index (χ0) is 18.1. The Labute approximate surface area is 153 Å². The first kappa shape index (κ1) is 16.6. The summed E-state index contributed by atoms with van der Waals surface area (Å²) in [4.78, 5) is 18.5. The molecule has 5 heteroatoms. The van der Waals surface area contributed by atoms with Gasteiger partial charge < -0.3 is 10.2 Å². The molecule has 1 aliphatic carbocycles. The monoisotopic (exact) mass is 346 g/mol. The van der Waals surface area contributed by atoms with Crippen LogP contribution in [0.4, 0.5) is 11.5 Å². The van der Waals surface area contributed by atoms with Gasteiger partial charge in [0.2, 0.25) is 5.91 Å². The van der Waals surface area contributed by atoms with Gasteiger partial charge >= 0.3 is 0 Å². The summed E-state index contributed by atoms with van der Waals surface area (Å²) >= 11 is 0. The van der Waals surface area contributed by atoms with E-state index in [4.69, 9.17) is 0 Å². The van der Waals surface area contributed by atoms with Crippen LogP contribution in [0.5, 0.6) is 0 Å². The standard InChI is InChI=1S/C21H22N4O/c1-14-7-9-25(13-14)19-5-4-16(10-18(19)12-22)17-6-8-23-20(11-17)24-21(26)15-2-3-15/h4-6,8,10-11,14-15H,2-3,7,9,13H2,1H3,(H,23,24,26)/t14-/m0/s1. The molecule has 4 rings (SSSR count). The predicted octanol–water partition coefficient (Wildman–Crippen LogP) is 3.81. The predicted molar refractivity (Wildman–Crippen MR) is 102 cm³/mol. The normalized spacial score (nSPS) is 19.2. The van der Waals surface area contributed by atoms with Gasteiger partial charge in [0.05, 0.1) is 11.3 Å². The van der Waals surface area contributed by atoms with Crippen molar-refractivity contribution in [2.45, 2.75) is 26.2 Å². The number of pyridine rings is 1. The van der Waals surface area contributed by atoms with Crippen LogP contribution in [0.2, 0.25) is 0 Å². The first-order valence-corrected chi connectivity index (χ1v) is 9.20. The molecule has 2 fully saturated rings. The molecule has 1 atom stereocenters. The van der Waals surface area contributed by atoms with Gasteiger partial charge in [-0.15, -0.1) is 0 Å². The Bertz CT molecular complexity index is 882. The van der Waals surface area contributed by atoms with Gasteiger partial charge in [-0.2, -0.15) is 5.26 Å². The largest absolute Gasteiger partial charge is 0.370 e. The second-order valence-electron chi connectivity index (χ2n) is 7.38. The Morgan fingerprint density at radius 3 is 2.73 bits per heavy atom. The number of carbonyl (C=O) groups excluding carboxylic acids is 1. The lowest BCUT2D eigenvalue weighted by Gasteiger charge is -2.20. The van der Waals surface area contributed by atoms with Crippen molar-refractivity contribution in [1.29, 1.82) is 5.26 Å². The topological polar surface area (TPSA) is 69.0 Å². The van der Waals surface area contributed by atoms with Crippen molar-refractivity contribution in [3.63, 3.8) is 0 Å². The van der Waals surface area contributed by atoms with E-state index in [1.807, 2.05) is 30.3 Å². The van der Waals surface area contributed by atoms with E-state index in [1.165, 1.54) is 6.42 Å². The molecule has 1 aromatic carbocycles. The second kappa shape index (κ2) is 6.80. The summed E-state index contributed by atoms with van der Waals surface area (Å²) in [7, 11) is 0. The molecule has 1 N–H and O–H groups in total. The maximum absolute atomic E-state index is 11.9. The van der Waals surface area contributed by atoms with E-state index in [-0.39, 0.29) is 11.8 Å². The minimum atomic E-state index is 0.0471. The van der Waals surface area contributed by atoms with Crippen LogP contribution >= 0.6 is 0 Å². The number of benzene rings is 1. The van der Waals surface area contributed by atoms with Crippen molar-refractivity contribution in [3.8, 4) is 17.2 Å². The van der Waals surface area contributed by atoms with Crippen LogP contribution in [0.25, 0.3) is 11.1 Å². The maximum atomic E-state index is 11.9. The molecule has 1 saturated heterocycles. The molecule has 0 unspecified atom stereocenters. The molecule has 0 radical (unpaired) electrons. The molecule has 1 aliphatic heterocycles. The second-order valence-corrected chi connectivity index (χ2v) is 7.38. The van der Waals surface area contributed by atoms with Gasteiger partial charge in [0.1, 0.15) is 11.9 Å². The van der Waals surface area contributed by atoms with Gasteiger partial charge in [0.15, 0.2) is 0 Å². The average Bonchev–Trinajstić information content (AvgIpc) is 3.43. The third kappa shape index (κ3) is 3.41. The Kier molecular flexibility index (Phi) is 4.34. The highest BCUT2D eigenvalue weighted by molar-refractivity contribution is 5.93. The lowest BCUT2D eigenvalue weighted by molar-refractivity contribution is -0.117. The van der Waals surface area contributed by atoms with Crippen molar-refractivity contribution in [1.82, 2.24) is 4.98 Å². The van der Waals surface area contributed by atoms with E-state index < -0.39 is 0 Å². The van der Waals surface area contributed by atoms with E-state index in [1.54, 1.807) is 6.20 Å². The fourth-order valence-electron chi connectivity index (χ4n) is 3.49. The number of aromatic nitrogens is 1.